The Labute approximate surface area is 227 Å². The number of H-pyrrole nitrogens is 1. The molecule has 1 aromatic carbocycles. The normalized spacial score (nSPS) is 11.5. The van der Waals surface area contributed by atoms with Crippen molar-refractivity contribution in [2.75, 3.05) is 6.54 Å². The van der Waals surface area contributed by atoms with Crippen molar-refractivity contribution < 1.29 is 34.8 Å². The second-order valence-corrected chi connectivity index (χ2v) is 10.3. The molecular formula is C28H36N4O7. The zero-order valence-corrected chi connectivity index (χ0v) is 22.4. The van der Waals surface area contributed by atoms with Crippen molar-refractivity contribution >= 4 is 17.9 Å². The topological polar surface area (TPSA) is 177 Å². The largest absolute Gasteiger partial charge is 0.481 e. The van der Waals surface area contributed by atoms with Gasteiger partial charge in [0.2, 0.25) is 0 Å². The number of carboxylic acids is 3. The summed E-state index contributed by atoms with van der Waals surface area (Å²) in [6.45, 7) is 9.47. The Morgan fingerprint density at radius 3 is 1.97 bits per heavy atom. The summed E-state index contributed by atoms with van der Waals surface area (Å²) in [5.74, 6) is -5.02. The van der Waals surface area contributed by atoms with Crippen LogP contribution < -0.4 is 0 Å². The fourth-order valence-corrected chi connectivity index (χ4v) is 3.93. The number of carbonyl (C=O) groups is 3. The quantitative estimate of drug-likeness (QED) is 0.229. The molecule has 0 bridgehead atoms. The molecule has 0 radical (unpaired) electrons. The number of nitrogens with zero attached hydrogens (tertiary/aromatic N) is 3. The van der Waals surface area contributed by atoms with Gasteiger partial charge < -0.3 is 20.4 Å². The van der Waals surface area contributed by atoms with E-state index in [0.29, 0.717) is 0 Å². The smallest absolute Gasteiger partial charge is 0.336 e. The lowest BCUT2D eigenvalue weighted by Crippen LogP contribution is -2.42. The van der Waals surface area contributed by atoms with Crippen LogP contribution in [-0.2, 0) is 39.3 Å². The maximum atomic E-state index is 10.3. The van der Waals surface area contributed by atoms with Crippen LogP contribution in [0.5, 0.6) is 0 Å². The number of aromatic nitrogens is 3. The average molecular weight is 541 g/mol. The maximum Gasteiger partial charge on any atom is 0.336 e. The highest BCUT2D eigenvalue weighted by atomic mass is 16.4. The van der Waals surface area contributed by atoms with Gasteiger partial charge in [-0.1, -0.05) is 51.1 Å². The van der Waals surface area contributed by atoms with Crippen LogP contribution in [0.3, 0.4) is 0 Å². The predicted octanol–water partition coefficient (Wildman–Crippen LogP) is 3.10. The number of nitrogens with one attached hydrogen (secondary N) is 1. The van der Waals surface area contributed by atoms with Gasteiger partial charge in [-0.25, -0.2) is 4.79 Å². The number of aliphatic hydroxyl groups is 1. The Kier molecular flexibility index (Phi) is 11.3. The van der Waals surface area contributed by atoms with E-state index in [0.717, 1.165) is 26.1 Å². The van der Waals surface area contributed by atoms with Gasteiger partial charge in [0, 0.05) is 48.7 Å². The van der Waals surface area contributed by atoms with Gasteiger partial charge in [0.05, 0.1) is 19.0 Å². The summed E-state index contributed by atoms with van der Waals surface area (Å²) in [6, 6.07) is 14.9. The number of carboxylic acid groups (broad SMARTS) is 3. The monoisotopic (exact) mass is 540 g/mol. The number of pyridine rings is 1. The van der Waals surface area contributed by atoms with Crippen molar-refractivity contribution in [3.05, 3.63) is 83.4 Å². The Hall–Kier alpha value is -4.09. The molecule has 0 saturated heterocycles. The molecule has 0 unspecified atom stereocenters. The summed E-state index contributed by atoms with van der Waals surface area (Å²) < 4.78 is 0. The SMILES string of the molecule is CC(C)(C)c1[nH]ncc1CN(CCc1ccccc1)Cc1ccncc1.O=C(O)CC(O)(CC(=O)O)C(=O)O. The van der Waals surface area contributed by atoms with E-state index in [2.05, 4.69) is 83.3 Å². The highest BCUT2D eigenvalue weighted by molar-refractivity contribution is 5.88. The number of aliphatic carboxylic acids is 3. The molecule has 3 aromatic rings. The molecule has 11 nitrogen and oxygen atoms in total. The second kappa shape index (κ2) is 14.2. The third kappa shape index (κ3) is 10.7. The van der Waals surface area contributed by atoms with Gasteiger partial charge in [0.1, 0.15) is 0 Å². The summed E-state index contributed by atoms with van der Waals surface area (Å²) in [6.07, 6.45) is 4.45. The first-order valence-electron chi connectivity index (χ1n) is 12.4. The summed E-state index contributed by atoms with van der Waals surface area (Å²) in [5.41, 5.74) is 2.48. The van der Waals surface area contributed by atoms with E-state index in [9.17, 15) is 14.4 Å². The van der Waals surface area contributed by atoms with Crippen molar-refractivity contribution in [1.29, 1.82) is 0 Å². The number of rotatable bonds is 12. The average Bonchev–Trinajstić information content (AvgIpc) is 3.32. The Bertz CT molecular complexity index is 1190. The van der Waals surface area contributed by atoms with Crippen molar-refractivity contribution in [2.24, 2.45) is 0 Å². The highest BCUT2D eigenvalue weighted by Crippen LogP contribution is 2.25. The van der Waals surface area contributed by atoms with E-state index in [-0.39, 0.29) is 5.41 Å². The molecule has 2 heterocycles. The first-order chi connectivity index (χ1) is 18.3. The third-order valence-electron chi connectivity index (χ3n) is 5.86. The fraction of sp³-hybridized carbons (Fsp3) is 0.393. The zero-order valence-electron chi connectivity index (χ0n) is 22.4. The summed E-state index contributed by atoms with van der Waals surface area (Å²) >= 11 is 0. The molecule has 0 aliphatic carbocycles. The number of benzene rings is 1. The Morgan fingerprint density at radius 2 is 1.46 bits per heavy atom. The van der Waals surface area contributed by atoms with Gasteiger partial charge in [-0.3, -0.25) is 24.6 Å². The molecule has 0 fully saturated rings. The number of hydrogen-bond acceptors (Lipinski definition) is 7. The van der Waals surface area contributed by atoms with Crippen LogP contribution in [-0.4, -0.2) is 70.6 Å². The molecule has 2 aromatic heterocycles. The zero-order chi connectivity index (χ0) is 29.1. The molecule has 0 saturated carbocycles. The second-order valence-electron chi connectivity index (χ2n) is 10.3. The van der Waals surface area contributed by atoms with E-state index in [4.69, 9.17) is 20.4 Å². The van der Waals surface area contributed by atoms with Crippen LogP contribution >= 0.6 is 0 Å². The Balaban J connectivity index is 0.000000349. The lowest BCUT2D eigenvalue weighted by atomic mass is 9.89. The first-order valence-corrected chi connectivity index (χ1v) is 12.4. The molecule has 0 spiro atoms. The predicted molar refractivity (Wildman–Crippen MR) is 143 cm³/mol. The van der Waals surface area contributed by atoms with Crippen molar-refractivity contribution in [1.82, 2.24) is 20.1 Å². The van der Waals surface area contributed by atoms with Crippen molar-refractivity contribution in [2.45, 2.75) is 64.1 Å². The summed E-state index contributed by atoms with van der Waals surface area (Å²) in [7, 11) is 0. The van der Waals surface area contributed by atoms with E-state index >= 15 is 0 Å². The minimum Gasteiger partial charge on any atom is -0.481 e. The minimum atomic E-state index is -2.74. The van der Waals surface area contributed by atoms with E-state index < -0.39 is 36.4 Å². The molecular weight excluding hydrogens is 504 g/mol. The van der Waals surface area contributed by atoms with Gasteiger partial charge >= 0.3 is 17.9 Å². The molecule has 0 aliphatic rings. The van der Waals surface area contributed by atoms with Crippen LogP contribution in [0, 0.1) is 0 Å². The summed E-state index contributed by atoms with van der Waals surface area (Å²) in [4.78, 5) is 37.1. The molecule has 0 aliphatic heterocycles. The van der Waals surface area contributed by atoms with E-state index in [1.807, 2.05) is 18.6 Å². The van der Waals surface area contributed by atoms with Gasteiger partial charge in [-0.15, -0.1) is 0 Å². The number of hydrogen-bond donors (Lipinski definition) is 5. The molecule has 210 valence electrons. The van der Waals surface area contributed by atoms with E-state index in [1.165, 1.54) is 22.4 Å². The van der Waals surface area contributed by atoms with E-state index in [1.54, 1.807) is 0 Å². The molecule has 0 atom stereocenters. The molecule has 0 amide bonds. The molecule has 5 N–H and O–H groups in total. The standard InChI is InChI=1S/C22H28N4.C6H8O7/c1-22(2,3)21-20(15-24-25-21)17-26(16-19-9-12-23-13-10-19)14-11-18-7-5-4-6-8-18;7-3(8)1-6(13,5(11)12)2-4(9)10/h4-10,12-13,15H,11,14,16-17H2,1-3H3,(H,24,25);13H,1-2H2,(H,7,8)(H,9,10)(H,11,12). The van der Waals surface area contributed by atoms with Crippen LogP contribution in [0.2, 0.25) is 0 Å². The van der Waals surface area contributed by atoms with Gasteiger partial charge in [0.25, 0.3) is 0 Å². The highest BCUT2D eigenvalue weighted by Gasteiger charge is 2.40. The van der Waals surface area contributed by atoms with Crippen LogP contribution in [0.4, 0.5) is 0 Å². The van der Waals surface area contributed by atoms with Gasteiger partial charge in [-0.2, -0.15) is 5.10 Å². The lowest BCUT2D eigenvalue weighted by Gasteiger charge is -2.25. The van der Waals surface area contributed by atoms with Crippen molar-refractivity contribution in [3.63, 3.8) is 0 Å². The van der Waals surface area contributed by atoms with Crippen molar-refractivity contribution in [3.8, 4) is 0 Å². The Morgan fingerprint density at radius 1 is 0.872 bits per heavy atom. The summed E-state index contributed by atoms with van der Waals surface area (Å²) in [5, 5.41) is 41.3. The lowest BCUT2D eigenvalue weighted by molar-refractivity contribution is -0.170. The molecule has 39 heavy (non-hydrogen) atoms. The van der Waals surface area contributed by atoms with Gasteiger partial charge in [-0.05, 0) is 29.7 Å². The number of aromatic amines is 1. The third-order valence-corrected chi connectivity index (χ3v) is 5.86. The molecule has 3 rings (SSSR count). The van der Waals surface area contributed by atoms with Crippen LogP contribution in [0.1, 0.15) is 56.0 Å². The minimum absolute atomic E-state index is 0.0631. The maximum absolute atomic E-state index is 10.3. The first kappa shape index (κ1) is 31.1. The molecule has 11 heteroatoms. The van der Waals surface area contributed by atoms with Crippen LogP contribution in [0.25, 0.3) is 0 Å². The van der Waals surface area contributed by atoms with Crippen LogP contribution in [0.15, 0.2) is 61.1 Å². The van der Waals surface area contributed by atoms with Gasteiger partial charge in [0.15, 0.2) is 5.60 Å². The fourth-order valence-electron chi connectivity index (χ4n) is 3.93.